The van der Waals surface area contributed by atoms with E-state index in [4.69, 9.17) is 0 Å². The number of aryl methyl sites for hydroxylation is 1. The van der Waals surface area contributed by atoms with Crippen LogP contribution in [-0.4, -0.2) is 21.6 Å². The Morgan fingerprint density at radius 3 is 2.30 bits per heavy atom. The maximum absolute atomic E-state index is 12.2. The number of nitrogens with one attached hydrogen (secondary N) is 2. The van der Waals surface area contributed by atoms with Gasteiger partial charge in [0, 0.05) is 13.2 Å². The van der Waals surface area contributed by atoms with E-state index in [1.807, 2.05) is 11.4 Å². The van der Waals surface area contributed by atoms with Crippen molar-refractivity contribution in [1.29, 1.82) is 0 Å². The Balaban J connectivity index is 1.78. The Labute approximate surface area is 136 Å². The van der Waals surface area contributed by atoms with Gasteiger partial charge in [-0.2, -0.15) is 5.10 Å². The third-order valence-electron chi connectivity index (χ3n) is 3.14. The zero-order valence-corrected chi connectivity index (χ0v) is 13.1. The smallest absolute Gasteiger partial charge is 0.265 e. The molecule has 0 unspecified atom stereocenters. The van der Waals surface area contributed by atoms with Gasteiger partial charge in [-0.15, -0.1) is 11.3 Å². The van der Waals surface area contributed by atoms with Crippen LogP contribution < -0.4 is 10.6 Å². The average molecular weight is 326 g/mol. The first-order valence-electron chi connectivity index (χ1n) is 6.87. The molecular weight excluding hydrogens is 312 g/mol. The highest BCUT2D eigenvalue weighted by atomic mass is 32.1. The third-order valence-corrected chi connectivity index (χ3v) is 4.00. The molecule has 0 aliphatic carbocycles. The fourth-order valence-electron chi connectivity index (χ4n) is 2.03. The average Bonchev–Trinajstić information content (AvgIpc) is 3.20. The summed E-state index contributed by atoms with van der Waals surface area (Å²) in [6, 6.07) is 10.6. The lowest BCUT2D eigenvalue weighted by atomic mass is 10.2. The molecule has 2 heterocycles. The summed E-state index contributed by atoms with van der Waals surface area (Å²) in [6.07, 6.45) is 3.12. The predicted molar refractivity (Wildman–Crippen MR) is 89.9 cm³/mol. The second-order valence-electron chi connectivity index (χ2n) is 4.83. The summed E-state index contributed by atoms with van der Waals surface area (Å²) >= 11 is 1.36. The van der Waals surface area contributed by atoms with Crippen LogP contribution in [0.5, 0.6) is 0 Å². The summed E-state index contributed by atoms with van der Waals surface area (Å²) in [5.41, 5.74) is 1.53. The largest absolute Gasteiger partial charge is 0.320 e. The summed E-state index contributed by atoms with van der Waals surface area (Å²) in [7, 11) is 1.74. The molecule has 0 radical (unpaired) electrons. The molecule has 2 amide bonds. The number of rotatable bonds is 4. The number of carbonyl (C=O) groups is 2. The van der Waals surface area contributed by atoms with E-state index >= 15 is 0 Å². The molecule has 1 aromatic carbocycles. The van der Waals surface area contributed by atoms with Crippen molar-refractivity contribution >= 4 is 34.5 Å². The molecule has 0 atom stereocenters. The Hall–Kier alpha value is -2.93. The first-order valence-corrected chi connectivity index (χ1v) is 7.75. The van der Waals surface area contributed by atoms with Crippen molar-refractivity contribution in [3.8, 4) is 0 Å². The predicted octanol–water partition coefficient (Wildman–Crippen LogP) is 2.99. The van der Waals surface area contributed by atoms with Gasteiger partial charge in [0.1, 0.15) is 0 Å². The van der Waals surface area contributed by atoms with Gasteiger partial charge in [-0.25, -0.2) is 0 Å². The minimum Gasteiger partial charge on any atom is -0.320 e. The molecular formula is C16H14N4O2S. The van der Waals surface area contributed by atoms with Crippen molar-refractivity contribution < 1.29 is 9.59 Å². The van der Waals surface area contributed by atoms with Gasteiger partial charge in [0.05, 0.1) is 28.0 Å². The number of benzene rings is 1. The molecule has 0 saturated heterocycles. The maximum atomic E-state index is 12.2. The van der Waals surface area contributed by atoms with Gasteiger partial charge >= 0.3 is 0 Å². The number of aromatic nitrogens is 2. The van der Waals surface area contributed by atoms with Crippen molar-refractivity contribution in [2.75, 3.05) is 10.6 Å². The van der Waals surface area contributed by atoms with E-state index in [-0.39, 0.29) is 11.8 Å². The fraction of sp³-hybridized carbons (Fsp3) is 0.0625. The molecule has 0 spiro atoms. The van der Waals surface area contributed by atoms with Gasteiger partial charge in [0.25, 0.3) is 11.8 Å². The fourth-order valence-corrected chi connectivity index (χ4v) is 2.64. The second-order valence-corrected chi connectivity index (χ2v) is 5.78. The van der Waals surface area contributed by atoms with E-state index in [0.717, 1.165) is 0 Å². The molecule has 0 aliphatic rings. The van der Waals surface area contributed by atoms with Crippen LogP contribution in [0.4, 0.5) is 11.4 Å². The van der Waals surface area contributed by atoms with Crippen LogP contribution in [0.1, 0.15) is 20.0 Å². The van der Waals surface area contributed by atoms with Gasteiger partial charge < -0.3 is 10.6 Å². The van der Waals surface area contributed by atoms with E-state index in [2.05, 4.69) is 15.7 Å². The topological polar surface area (TPSA) is 76.0 Å². The second kappa shape index (κ2) is 6.45. The lowest BCUT2D eigenvalue weighted by molar-refractivity contribution is 0.101. The molecule has 0 saturated carbocycles. The Morgan fingerprint density at radius 2 is 1.74 bits per heavy atom. The van der Waals surface area contributed by atoms with Gasteiger partial charge in [0.15, 0.2) is 0 Å². The lowest BCUT2D eigenvalue weighted by Gasteiger charge is -2.11. The van der Waals surface area contributed by atoms with Gasteiger partial charge in [0.2, 0.25) is 0 Å². The van der Waals surface area contributed by atoms with Crippen molar-refractivity contribution in [2.45, 2.75) is 0 Å². The molecule has 0 bridgehead atoms. The molecule has 7 heteroatoms. The minimum atomic E-state index is -0.282. The maximum Gasteiger partial charge on any atom is 0.265 e. The molecule has 6 nitrogen and oxygen atoms in total. The first-order chi connectivity index (χ1) is 11.1. The summed E-state index contributed by atoms with van der Waals surface area (Å²) in [4.78, 5) is 25.0. The van der Waals surface area contributed by atoms with Crippen LogP contribution in [0.3, 0.4) is 0 Å². The highest BCUT2D eigenvalue weighted by molar-refractivity contribution is 7.12. The standard InChI is InChI=1S/C16H14N4O2S/c1-20-10-11(9-17-20)15(21)18-12-5-2-3-6-13(12)19-16(22)14-7-4-8-23-14/h2-10H,1H3,(H,18,21)(H,19,22). The zero-order chi connectivity index (χ0) is 16.2. The van der Waals surface area contributed by atoms with Gasteiger partial charge in [-0.05, 0) is 23.6 Å². The lowest BCUT2D eigenvalue weighted by Crippen LogP contribution is -2.15. The van der Waals surface area contributed by atoms with Crippen LogP contribution in [-0.2, 0) is 7.05 Å². The molecule has 2 aromatic heterocycles. The molecule has 0 fully saturated rings. The van der Waals surface area contributed by atoms with Crippen molar-refractivity contribution in [1.82, 2.24) is 9.78 Å². The Morgan fingerprint density at radius 1 is 1.04 bits per heavy atom. The zero-order valence-electron chi connectivity index (χ0n) is 12.3. The number of anilines is 2. The van der Waals surface area contributed by atoms with Gasteiger partial charge in [-0.3, -0.25) is 14.3 Å². The van der Waals surface area contributed by atoms with Crippen LogP contribution in [0.15, 0.2) is 54.2 Å². The molecule has 2 N–H and O–H groups in total. The number of hydrogen-bond acceptors (Lipinski definition) is 4. The highest BCUT2D eigenvalue weighted by Gasteiger charge is 2.13. The Kier molecular flexibility index (Phi) is 4.20. The van der Waals surface area contributed by atoms with Crippen LogP contribution in [0.2, 0.25) is 0 Å². The van der Waals surface area contributed by atoms with E-state index in [1.165, 1.54) is 17.5 Å². The minimum absolute atomic E-state index is 0.205. The first kappa shape index (κ1) is 15.0. The van der Waals surface area contributed by atoms with E-state index in [0.29, 0.717) is 21.8 Å². The number of thiophene rings is 1. The normalized spacial score (nSPS) is 10.3. The summed E-state index contributed by atoms with van der Waals surface area (Å²) in [5, 5.41) is 11.4. The summed E-state index contributed by atoms with van der Waals surface area (Å²) < 4.78 is 1.55. The molecule has 0 aliphatic heterocycles. The quantitative estimate of drug-likeness (QED) is 0.774. The molecule has 3 rings (SSSR count). The third kappa shape index (κ3) is 3.46. The summed E-state index contributed by atoms with van der Waals surface area (Å²) in [6.45, 7) is 0. The Bertz CT molecular complexity index is 839. The van der Waals surface area contributed by atoms with Crippen molar-refractivity contribution in [3.63, 3.8) is 0 Å². The number of nitrogens with zero attached hydrogens (tertiary/aromatic N) is 2. The van der Waals surface area contributed by atoms with E-state index in [9.17, 15) is 9.59 Å². The number of carbonyl (C=O) groups excluding carboxylic acids is 2. The summed E-state index contributed by atoms with van der Waals surface area (Å²) in [5.74, 6) is -0.487. The molecule has 3 aromatic rings. The van der Waals surface area contributed by atoms with Crippen LogP contribution in [0, 0.1) is 0 Å². The monoisotopic (exact) mass is 326 g/mol. The van der Waals surface area contributed by atoms with Gasteiger partial charge in [-0.1, -0.05) is 18.2 Å². The SMILES string of the molecule is Cn1cc(C(=O)Nc2ccccc2NC(=O)c2cccs2)cn1. The molecule has 23 heavy (non-hydrogen) atoms. The van der Waals surface area contributed by atoms with Crippen molar-refractivity contribution in [2.24, 2.45) is 7.05 Å². The molecule has 116 valence electrons. The highest BCUT2D eigenvalue weighted by Crippen LogP contribution is 2.23. The number of amides is 2. The number of para-hydroxylation sites is 2. The number of hydrogen-bond donors (Lipinski definition) is 2. The van der Waals surface area contributed by atoms with E-state index < -0.39 is 0 Å². The van der Waals surface area contributed by atoms with Crippen LogP contribution >= 0.6 is 11.3 Å². The van der Waals surface area contributed by atoms with E-state index in [1.54, 1.807) is 48.3 Å². The van der Waals surface area contributed by atoms with Crippen LogP contribution in [0.25, 0.3) is 0 Å². The van der Waals surface area contributed by atoms with Crippen molar-refractivity contribution in [3.05, 3.63) is 64.6 Å².